The first kappa shape index (κ1) is 24.2. The Morgan fingerprint density at radius 3 is 2.09 bits per heavy atom. The molecule has 45 heavy (non-hydrogen) atoms. The van der Waals surface area contributed by atoms with Gasteiger partial charge in [-0.15, -0.1) is 0 Å². The molecule has 0 aliphatic heterocycles. The van der Waals surface area contributed by atoms with Gasteiger partial charge in [0.05, 0.1) is 11.0 Å². The lowest BCUT2D eigenvalue weighted by molar-refractivity contribution is 0.667. The van der Waals surface area contributed by atoms with Gasteiger partial charge in [-0.2, -0.15) is 0 Å². The summed E-state index contributed by atoms with van der Waals surface area (Å²) in [5.41, 5.74) is 10.4. The Bertz CT molecular complexity index is 2720. The highest BCUT2D eigenvalue weighted by atomic mass is 16.3. The minimum absolute atomic E-state index is 0.599. The van der Waals surface area contributed by atoms with Gasteiger partial charge in [0.1, 0.15) is 16.8 Å². The number of hydrogen-bond acceptors (Lipinski definition) is 4. The summed E-state index contributed by atoms with van der Waals surface area (Å²) in [6.45, 7) is 0. The number of rotatable bonds is 3. The molecule has 0 atom stereocenters. The summed E-state index contributed by atoms with van der Waals surface area (Å²) in [6.07, 6.45) is 3.57. The SMILES string of the molecule is c1ccc2c(c1)[nH]c1cccc(-c3ccc4c(c3)oc3c(-c5ccncc5)nc(-n5c6ccccc6c6ccccc65)nc34)c12. The first-order valence-corrected chi connectivity index (χ1v) is 14.9. The number of aromatic nitrogens is 5. The van der Waals surface area contributed by atoms with Crippen LogP contribution in [0.4, 0.5) is 0 Å². The number of nitrogens with zero attached hydrogens (tertiary/aromatic N) is 4. The van der Waals surface area contributed by atoms with Gasteiger partial charge in [-0.1, -0.05) is 72.8 Å². The molecular weight excluding hydrogens is 554 g/mol. The number of H-pyrrole nitrogens is 1. The van der Waals surface area contributed by atoms with E-state index in [1.165, 1.54) is 10.8 Å². The molecule has 10 rings (SSSR count). The van der Waals surface area contributed by atoms with Crippen LogP contribution in [-0.4, -0.2) is 24.5 Å². The van der Waals surface area contributed by atoms with Gasteiger partial charge >= 0.3 is 0 Å². The van der Waals surface area contributed by atoms with Gasteiger partial charge < -0.3 is 9.40 Å². The van der Waals surface area contributed by atoms with Crippen molar-refractivity contribution in [2.45, 2.75) is 0 Å². The highest BCUT2D eigenvalue weighted by molar-refractivity contribution is 6.15. The maximum Gasteiger partial charge on any atom is 0.236 e. The second kappa shape index (κ2) is 9.11. The summed E-state index contributed by atoms with van der Waals surface area (Å²) in [5, 5.41) is 5.68. The van der Waals surface area contributed by atoms with Crippen molar-refractivity contribution in [3.8, 4) is 28.3 Å². The van der Waals surface area contributed by atoms with Crippen LogP contribution in [0.2, 0.25) is 0 Å². The number of para-hydroxylation sites is 3. The van der Waals surface area contributed by atoms with Crippen molar-refractivity contribution < 1.29 is 4.42 Å². The Hall–Kier alpha value is -6.27. The fourth-order valence-corrected chi connectivity index (χ4v) is 6.88. The molecule has 0 spiro atoms. The maximum absolute atomic E-state index is 6.67. The summed E-state index contributed by atoms with van der Waals surface area (Å²) in [7, 11) is 0. The second-order valence-corrected chi connectivity index (χ2v) is 11.4. The molecule has 5 heterocycles. The zero-order chi connectivity index (χ0) is 29.5. The van der Waals surface area contributed by atoms with Crippen molar-refractivity contribution in [3.05, 3.63) is 134 Å². The molecule has 0 bridgehead atoms. The molecule has 6 nitrogen and oxygen atoms in total. The predicted octanol–water partition coefficient (Wildman–Crippen LogP) is 9.84. The highest BCUT2D eigenvalue weighted by Gasteiger charge is 2.21. The van der Waals surface area contributed by atoms with Crippen molar-refractivity contribution in [1.29, 1.82) is 0 Å². The van der Waals surface area contributed by atoms with E-state index in [2.05, 4.69) is 124 Å². The first-order valence-electron chi connectivity index (χ1n) is 14.9. The molecule has 0 fully saturated rings. The van der Waals surface area contributed by atoms with Crippen molar-refractivity contribution in [2.75, 3.05) is 0 Å². The number of fused-ring (bicyclic) bond motifs is 9. The van der Waals surface area contributed by atoms with Crippen molar-refractivity contribution in [1.82, 2.24) is 24.5 Å². The van der Waals surface area contributed by atoms with Gasteiger partial charge in [0, 0.05) is 55.9 Å². The van der Waals surface area contributed by atoms with E-state index < -0.39 is 0 Å². The molecule has 0 amide bonds. The van der Waals surface area contributed by atoms with Crippen LogP contribution < -0.4 is 0 Å². The Morgan fingerprint density at radius 1 is 0.578 bits per heavy atom. The zero-order valence-corrected chi connectivity index (χ0v) is 23.9. The van der Waals surface area contributed by atoms with E-state index in [1.807, 2.05) is 12.1 Å². The number of pyridine rings is 1. The molecule has 1 N–H and O–H groups in total. The van der Waals surface area contributed by atoms with E-state index in [0.717, 1.165) is 71.7 Å². The molecule has 0 radical (unpaired) electrons. The molecular formula is C39H23N5O. The van der Waals surface area contributed by atoms with Gasteiger partial charge in [-0.05, 0) is 59.7 Å². The summed E-state index contributed by atoms with van der Waals surface area (Å²) in [6, 6.07) is 42.0. The number of furan rings is 1. The van der Waals surface area contributed by atoms with Crippen LogP contribution in [0.25, 0.3) is 94.0 Å². The quantitative estimate of drug-likeness (QED) is 0.227. The van der Waals surface area contributed by atoms with Crippen LogP contribution >= 0.6 is 0 Å². The average molecular weight is 578 g/mol. The topological polar surface area (TPSA) is 72.5 Å². The molecule has 0 aliphatic carbocycles. The lowest BCUT2D eigenvalue weighted by Gasteiger charge is -2.09. The van der Waals surface area contributed by atoms with Crippen molar-refractivity contribution in [3.63, 3.8) is 0 Å². The maximum atomic E-state index is 6.67. The third kappa shape index (κ3) is 3.48. The highest BCUT2D eigenvalue weighted by Crippen LogP contribution is 2.40. The summed E-state index contributed by atoms with van der Waals surface area (Å²) < 4.78 is 8.82. The summed E-state index contributed by atoms with van der Waals surface area (Å²) >= 11 is 0. The standard InChI is InChI=1S/C39H23N5O/c1-4-12-30-28(10-1)35-25(11-7-13-31(35)41-30)24-16-17-29-34(22-24)45-38-36(23-18-20-40-21-19-23)42-39(43-37(29)38)44-32-14-5-2-8-26(32)27-9-3-6-15-33(27)44/h1-22,41H. The fourth-order valence-electron chi connectivity index (χ4n) is 6.88. The van der Waals surface area contributed by atoms with Crippen LogP contribution in [0.3, 0.4) is 0 Å². The Balaban J connectivity index is 1.26. The molecule has 0 unspecified atom stereocenters. The number of nitrogens with one attached hydrogen (secondary N) is 1. The molecule has 0 saturated carbocycles. The van der Waals surface area contributed by atoms with Gasteiger partial charge in [-0.25, -0.2) is 9.97 Å². The van der Waals surface area contributed by atoms with Crippen LogP contribution in [0, 0.1) is 0 Å². The Morgan fingerprint density at radius 2 is 1.29 bits per heavy atom. The third-order valence-electron chi connectivity index (χ3n) is 8.88. The lowest BCUT2D eigenvalue weighted by atomic mass is 9.98. The minimum atomic E-state index is 0.599. The van der Waals surface area contributed by atoms with Gasteiger partial charge in [0.25, 0.3) is 0 Å². The fraction of sp³-hybridized carbons (Fsp3) is 0. The second-order valence-electron chi connectivity index (χ2n) is 11.4. The monoisotopic (exact) mass is 577 g/mol. The Kier molecular flexibility index (Phi) is 4.90. The summed E-state index contributed by atoms with van der Waals surface area (Å²) in [4.78, 5) is 18.2. The Labute approximate surface area is 256 Å². The minimum Gasteiger partial charge on any atom is -0.452 e. The van der Waals surface area contributed by atoms with Crippen LogP contribution in [0.1, 0.15) is 0 Å². The van der Waals surface area contributed by atoms with E-state index in [9.17, 15) is 0 Å². The molecule has 210 valence electrons. The van der Waals surface area contributed by atoms with E-state index in [1.54, 1.807) is 12.4 Å². The number of hydrogen-bond donors (Lipinski definition) is 1. The van der Waals surface area contributed by atoms with E-state index >= 15 is 0 Å². The zero-order valence-electron chi connectivity index (χ0n) is 23.9. The lowest BCUT2D eigenvalue weighted by Crippen LogP contribution is -2.02. The van der Waals surface area contributed by atoms with Gasteiger partial charge in [-0.3, -0.25) is 9.55 Å². The number of aromatic amines is 1. The molecule has 10 aromatic rings. The summed E-state index contributed by atoms with van der Waals surface area (Å²) in [5.74, 6) is 0.599. The van der Waals surface area contributed by atoms with Gasteiger partial charge in [0.15, 0.2) is 5.58 Å². The van der Waals surface area contributed by atoms with E-state index in [-0.39, 0.29) is 0 Å². The molecule has 5 aromatic heterocycles. The smallest absolute Gasteiger partial charge is 0.236 e. The molecule has 6 heteroatoms. The van der Waals surface area contributed by atoms with Crippen LogP contribution in [0.15, 0.2) is 138 Å². The van der Waals surface area contributed by atoms with E-state index in [4.69, 9.17) is 14.4 Å². The number of benzene rings is 5. The van der Waals surface area contributed by atoms with Crippen LogP contribution in [0.5, 0.6) is 0 Å². The third-order valence-corrected chi connectivity index (χ3v) is 8.88. The van der Waals surface area contributed by atoms with Crippen molar-refractivity contribution >= 4 is 65.7 Å². The van der Waals surface area contributed by atoms with Gasteiger partial charge in [0.2, 0.25) is 5.95 Å². The largest absolute Gasteiger partial charge is 0.452 e. The van der Waals surface area contributed by atoms with Crippen molar-refractivity contribution in [2.24, 2.45) is 0 Å². The molecule has 0 aliphatic rings. The predicted molar refractivity (Wildman–Crippen MR) is 182 cm³/mol. The van der Waals surface area contributed by atoms with Crippen LogP contribution in [-0.2, 0) is 0 Å². The average Bonchev–Trinajstić information content (AvgIpc) is 3.77. The molecule has 0 saturated heterocycles. The normalized spacial score (nSPS) is 12.0. The van der Waals surface area contributed by atoms with E-state index in [0.29, 0.717) is 11.5 Å². The molecule has 5 aromatic carbocycles. The first-order chi connectivity index (χ1) is 22.3.